The van der Waals surface area contributed by atoms with E-state index in [2.05, 4.69) is 25.2 Å². The molecule has 0 aromatic carbocycles. The number of hydrogen-bond acceptors (Lipinski definition) is 4. The lowest BCUT2D eigenvalue weighted by atomic mass is 9.95. The minimum absolute atomic E-state index is 0.0308. The number of rotatable bonds is 3. The molecule has 2 unspecified atom stereocenters. The maximum absolute atomic E-state index is 12.4. The predicted octanol–water partition coefficient (Wildman–Crippen LogP) is 0.658. The molecule has 2 aliphatic rings. The van der Waals surface area contributed by atoms with Crippen molar-refractivity contribution in [3.8, 4) is 6.07 Å². The number of ether oxygens (including phenoxy) is 1. The molecule has 0 saturated carbocycles. The SMILES string of the molecule is CC1(C)CNC(CC#N)C(=O)N1CC1CCCO1. The van der Waals surface area contributed by atoms with Crippen LogP contribution < -0.4 is 5.32 Å². The van der Waals surface area contributed by atoms with Crippen molar-refractivity contribution in [3.05, 3.63) is 0 Å². The Kier molecular flexibility index (Phi) is 3.88. The van der Waals surface area contributed by atoms with Crippen LogP contribution in [0.15, 0.2) is 0 Å². The summed E-state index contributed by atoms with van der Waals surface area (Å²) < 4.78 is 5.61. The van der Waals surface area contributed by atoms with E-state index in [0.29, 0.717) is 6.54 Å². The molecule has 1 N–H and O–H groups in total. The standard InChI is InChI=1S/C13H21N3O2/c1-13(2)9-15-11(5-6-14)12(17)16(13)8-10-4-3-7-18-10/h10-11,15H,3-5,7-9H2,1-2H3. The van der Waals surface area contributed by atoms with Gasteiger partial charge >= 0.3 is 0 Å². The minimum Gasteiger partial charge on any atom is -0.376 e. The summed E-state index contributed by atoms with van der Waals surface area (Å²) in [6.07, 6.45) is 2.49. The van der Waals surface area contributed by atoms with Gasteiger partial charge in [-0.1, -0.05) is 0 Å². The summed E-state index contributed by atoms with van der Waals surface area (Å²) in [6.45, 7) is 6.27. The molecular weight excluding hydrogens is 230 g/mol. The number of hydrogen-bond donors (Lipinski definition) is 1. The Morgan fingerprint density at radius 1 is 1.61 bits per heavy atom. The van der Waals surface area contributed by atoms with E-state index in [4.69, 9.17) is 10.00 Å². The molecule has 18 heavy (non-hydrogen) atoms. The number of nitrogens with one attached hydrogen (secondary N) is 1. The largest absolute Gasteiger partial charge is 0.376 e. The van der Waals surface area contributed by atoms with Crippen LogP contribution in [0.1, 0.15) is 33.1 Å². The zero-order valence-electron chi connectivity index (χ0n) is 11.1. The fraction of sp³-hybridized carbons (Fsp3) is 0.846. The van der Waals surface area contributed by atoms with E-state index in [1.807, 2.05) is 4.90 Å². The van der Waals surface area contributed by atoms with E-state index in [0.717, 1.165) is 26.0 Å². The molecule has 2 saturated heterocycles. The van der Waals surface area contributed by atoms with Gasteiger partial charge in [-0.3, -0.25) is 4.79 Å². The zero-order chi connectivity index (χ0) is 13.2. The molecule has 5 heteroatoms. The first-order valence-corrected chi connectivity index (χ1v) is 6.58. The fourth-order valence-corrected chi connectivity index (χ4v) is 2.62. The Balaban J connectivity index is 2.06. The van der Waals surface area contributed by atoms with Gasteiger partial charge in [0.05, 0.1) is 18.6 Å². The van der Waals surface area contributed by atoms with Gasteiger partial charge in [-0.2, -0.15) is 5.26 Å². The molecule has 2 aliphatic heterocycles. The number of amides is 1. The molecule has 2 heterocycles. The number of carbonyl (C=O) groups is 1. The molecule has 100 valence electrons. The van der Waals surface area contributed by atoms with Crippen molar-refractivity contribution < 1.29 is 9.53 Å². The van der Waals surface area contributed by atoms with Gasteiger partial charge in [0.25, 0.3) is 0 Å². The van der Waals surface area contributed by atoms with Gasteiger partial charge in [-0.15, -0.1) is 0 Å². The molecule has 0 aromatic rings. The van der Waals surface area contributed by atoms with Crippen LogP contribution in [0, 0.1) is 11.3 Å². The zero-order valence-corrected chi connectivity index (χ0v) is 11.1. The number of piperazine rings is 1. The van der Waals surface area contributed by atoms with E-state index < -0.39 is 0 Å². The van der Waals surface area contributed by atoms with Gasteiger partial charge in [0, 0.05) is 25.2 Å². The first kappa shape index (κ1) is 13.3. The van der Waals surface area contributed by atoms with Crippen LogP contribution in [0.4, 0.5) is 0 Å². The van der Waals surface area contributed by atoms with Crippen LogP contribution in [0.2, 0.25) is 0 Å². The van der Waals surface area contributed by atoms with Crippen molar-refractivity contribution in [3.63, 3.8) is 0 Å². The molecule has 2 rings (SSSR count). The van der Waals surface area contributed by atoms with Crippen LogP contribution in [0.5, 0.6) is 0 Å². The van der Waals surface area contributed by atoms with Crippen molar-refractivity contribution >= 4 is 5.91 Å². The number of nitrogens with zero attached hydrogens (tertiary/aromatic N) is 2. The maximum Gasteiger partial charge on any atom is 0.241 e. The third-order valence-corrected chi connectivity index (χ3v) is 3.78. The second-order valence-electron chi connectivity index (χ2n) is 5.69. The molecular formula is C13H21N3O2. The van der Waals surface area contributed by atoms with Gasteiger partial charge in [-0.05, 0) is 26.7 Å². The van der Waals surface area contributed by atoms with Gasteiger partial charge < -0.3 is 15.0 Å². The van der Waals surface area contributed by atoms with Crippen LogP contribution in [0.3, 0.4) is 0 Å². The Morgan fingerprint density at radius 2 is 2.39 bits per heavy atom. The molecule has 0 radical (unpaired) electrons. The monoisotopic (exact) mass is 251 g/mol. The third kappa shape index (κ3) is 2.65. The minimum atomic E-state index is -0.357. The molecule has 0 spiro atoms. The van der Waals surface area contributed by atoms with Crippen molar-refractivity contribution in [1.82, 2.24) is 10.2 Å². The molecule has 0 aliphatic carbocycles. The van der Waals surface area contributed by atoms with Gasteiger partial charge in [0.1, 0.15) is 6.04 Å². The predicted molar refractivity (Wildman–Crippen MR) is 66.8 cm³/mol. The van der Waals surface area contributed by atoms with Crippen molar-refractivity contribution in [2.75, 3.05) is 19.7 Å². The maximum atomic E-state index is 12.4. The van der Waals surface area contributed by atoms with Crippen LogP contribution in [-0.4, -0.2) is 48.2 Å². The van der Waals surface area contributed by atoms with E-state index >= 15 is 0 Å². The molecule has 5 nitrogen and oxygen atoms in total. The van der Waals surface area contributed by atoms with Gasteiger partial charge in [-0.25, -0.2) is 0 Å². The molecule has 1 amide bonds. The smallest absolute Gasteiger partial charge is 0.241 e. The highest BCUT2D eigenvalue weighted by atomic mass is 16.5. The summed E-state index contributed by atoms with van der Waals surface area (Å²) in [5.41, 5.74) is -0.213. The summed E-state index contributed by atoms with van der Waals surface area (Å²) >= 11 is 0. The normalized spacial score (nSPS) is 31.4. The Hall–Kier alpha value is -1.12. The van der Waals surface area contributed by atoms with Crippen LogP contribution >= 0.6 is 0 Å². The average molecular weight is 251 g/mol. The number of carbonyl (C=O) groups excluding carboxylic acids is 1. The van der Waals surface area contributed by atoms with E-state index in [-0.39, 0.29) is 30.0 Å². The quantitative estimate of drug-likeness (QED) is 0.800. The second kappa shape index (κ2) is 5.25. The summed E-state index contributed by atoms with van der Waals surface area (Å²) in [5.74, 6) is 0.0308. The van der Waals surface area contributed by atoms with Crippen molar-refractivity contribution in [1.29, 1.82) is 5.26 Å². The third-order valence-electron chi connectivity index (χ3n) is 3.78. The van der Waals surface area contributed by atoms with Gasteiger partial charge in [0.15, 0.2) is 0 Å². The van der Waals surface area contributed by atoms with E-state index in [9.17, 15) is 4.79 Å². The lowest BCUT2D eigenvalue weighted by Crippen LogP contribution is -2.66. The molecule has 0 aromatic heterocycles. The van der Waals surface area contributed by atoms with Crippen molar-refractivity contribution in [2.24, 2.45) is 0 Å². The van der Waals surface area contributed by atoms with E-state index in [1.165, 1.54) is 0 Å². The molecule has 2 atom stereocenters. The first-order valence-electron chi connectivity index (χ1n) is 6.58. The molecule has 2 fully saturated rings. The lowest BCUT2D eigenvalue weighted by molar-refractivity contribution is -0.145. The Morgan fingerprint density at radius 3 is 3.00 bits per heavy atom. The second-order valence-corrected chi connectivity index (χ2v) is 5.69. The highest BCUT2D eigenvalue weighted by Crippen LogP contribution is 2.24. The highest BCUT2D eigenvalue weighted by Gasteiger charge is 2.41. The van der Waals surface area contributed by atoms with Gasteiger partial charge in [0.2, 0.25) is 5.91 Å². The fourth-order valence-electron chi connectivity index (χ4n) is 2.62. The topological polar surface area (TPSA) is 65.4 Å². The summed E-state index contributed by atoms with van der Waals surface area (Å²) in [6, 6.07) is 1.71. The van der Waals surface area contributed by atoms with Crippen LogP contribution in [-0.2, 0) is 9.53 Å². The molecule has 0 bridgehead atoms. The summed E-state index contributed by atoms with van der Waals surface area (Å²) in [4.78, 5) is 14.3. The van der Waals surface area contributed by atoms with E-state index in [1.54, 1.807) is 0 Å². The highest BCUT2D eigenvalue weighted by molar-refractivity contribution is 5.84. The number of nitriles is 1. The lowest BCUT2D eigenvalue weighted by Gasteiger charge is -2.46. The Labute approximate surface area is 108 Å². The van der Waals surface area contributed by atoms with Crippen molar-refractivity contribution in [2.45, 2.75) is 50.8 Å². The average Bonchev–Trinajstić information content (AvgIpc) is 2.81. The first-order chi connectivity index (χ1) is 8.54. The summed E-state index contributed by atoms with van der Waals surface area (Å²) in [5, 5.41) is 11.9. The summed E-state index contributed by atoms with van der Waals surface area (Å²) in [7, 11) is 0. The van der Waals surface area contributed by atoms with Crippen LogP contribution in [0.25, 0.3) is 0 Å². The Bertz CT molecular complexity index is 356.